The van der Waals surface area contributed by atoms with Crippen molar-refractivity contribution in [2.24, 2.45) is 0 Å². The highest BCUT2D eigenvalue weighted by Gasteiger charge is 2.33. The molecular weight excluding hydrogens is 476 g/mol. The van der Waals surface area contributed by atoms with Crippen molar-refractivity contribution >= 4 is 17.2 Å². The standard InChI is InChI=1S/C29H31ClN2O4/c30-23-10-8-22(9-11-23)29(34)12-16-32(17-13-29)15-3-4-21-20-25-26(35-19-18-33)6-1-7-27(25)36-28-24(21)5-2-14-31-28/h1-2,4-11,14,33-34H,3,12-13,15-20H2. The van der Waals surface area contributed by atoms with Gasteiger partial charge in [-0.05, 0) is 66.8 Å². The van der Waals surface area contributed by atoms with Crippen molar-refractivity contribution in [3.05, 3.63) is 88.6 Å². The number of allylic oxidation sites excluding steroid dienone is 1. The number of fused-ring (bicyclic) bond motifs is 2. The molecule has 2 aliphatic rings. The highest BCUT2D eigenvalue weighted by Crippen LogP contribution is 2.41. The van der Waals surface area contributed by atoms with E-state index < -0.39 is 5.60 Å². The number of ether oxygens (including phenoxy) is 2. The molecule has 188 valence electrons. The molecule has 0 atom stereocenters. The van der Waals surface area contributed by atoms with Gasteiger partial charge in [-0.25, -0.2) is 4.98 Å². The molecule has 2 aliphatic heterocycles. The number of halogens is 1. The average molecular weight is 507 g/mol. The Hall–Kier alpha value is -2.90. The Morgan fingerprint density at radius 3 is 2.67 bits per heavy atom. The maximum absolute atomic E-state index is 11.2. The first-order valence-corrected chi connectivity index (χ1v) is 12.8. The van der Waals surface area contributed by atoms with Gasteiger partial charge >= 0.3 is 0 Å². The molecule has 1 fully saturated rings. The lowest BCUT2D eigenvalue weighted by molar-refractivity contribution is -0.0254. The van der Waals surface area contributed by atoms with Crippen LogP contribution >= 0.6 is 11.6 Å². The molecule has 0 bridgehead atoms. The number of benzene rings is 2. The maximum atomic E-state index is 11.2. The van der Waals surface area contributed by atoms with Crippen LogP contribution in [-0.2, 0) is 12.0 Å². The quantitative estimate of drug-likeness (QED) is 0.458. The molecule has 1 aromatic heterocycles. The fraction of sp³-hybridized carbons (Fsp3) is 0.345. The predicted octanol–water partition coefficient (Wildman–Crippen LogP) is 5.21. The Labute approximate surface area is 216 Å². The van der Waals surface area contributed by atoms with E-state index in [1.807, 2.05) is 54.6 Å². The lowest BCUT2D eigenvalue weighted by Crippen LogP contribution is -2.42. The van der Waals surface area contributed by atoms with E-state index in [-0.39, 0.29) is 13.2 Å². The van der Waals surface area contributed by atoms with Crippen LogP contribution in [0.25, 0.3) is 5.57 Å². The van der Waals surface area contributed by atoms with Crippen molar-refractivity contribution in [3.63, 3.8) is 0 Å². The van der Waals surface area contributed by atoms with Crippen molar-refractivity contribution in [1.82, 2.24) is 9.88 Å². The zero-order valence-electron chi connectivity index (χ0n) is 20.2. The minimum atomic E-state index is -0.794. The van der Waals surface area contributed by atoms with Crippen LogP contribution in [0.4, 0.5) is 0 Å². The van der Waals surface area contributed by atoms with Gasteiger partial charge in [-0.1, -0.05) is 35.9 Å². The number of nitrogens with zero attached hydrogens (tertiary/aromatic N) is 2. The zero-order valence-corrected chi connectivity index (χ0v) is 21.0. The number of hydrogen-bond acceptors (Lipinski definition) is 6. The number of hydrogen-bond donors (Lipinski definition) is 2. The monoisotopic (exact) mass is 506 g/mol. The second-order valence-electron chi connectivity index (χ2n) is 9.34. The summed E-state index contributed by atoms with van der Waals surface area (Å²) in [7, 11) is 0. The topological polar surface area (TPSA) is 75.1 Å². The molecular formula is C29H31ClN2O4. The molecule has 36 heavy (non-hydrogen) atoms. The van der Waals surface area contributed by atoms with Gasteiger partial charge in [-0.3, -0.25) is 0 Å². The van der Waals surface area contributed by atoms with E-state index in [0.29, 0.717) is 30.2 Å². The zero-order chi connectivity index (χ0) is 25.0. The van der Waals surface area contributed by atoms with Gasteiger partial charge in [0.25, 0.3) is 0 Å². The molecule has 0 saturated carbocycles. The van der Waals surface area contributed by atoms with E-state index in [2.05, 4.69) is 16.0 Å². The maximum Gasteiger partial charge on any atom is 0.226 e. The fourth-order valence-electron chi connectivity index (χ4n) is 5.01. The normalized spacial score (nSPS) is 18.1. The second kappa shape index (κ2) is 11.0. The highest BCUT2D eigenvalue weighted by atomic mass is 35.5. The van der Waals surface area contributed by atoms with Crippen molar-refractivity contribution < 1.29 is 19.7 Å². The van der Waals surface area contributed by atoms with E-state index in [0.717, 1.165) is 59.8 Å². The summed E-state index contributed by atoms with van der Waals surface area (Å²) in [5, 5.41) is 21.1. The molecule has 3 heterocycles. The van der Waals surface area contributed by atoms with Gasteiger partial charge in [0.1, 0.15) is 18.1 Å². The smallest absolute Gasteiger partial charge is 0.226 e. The highest BCUT2D eigenvalue weighted by molar-refractivity contribution is 6.30. The Kier molecular flexibility index (Phi) is 7.58. The van der Waals surface area contributed by atoms with Crippen molar-refractivity contribution in [2.75, 3.05) is 32.8 Å². The van der Waals surface area contributed by atoms with Gasteiger partial charge in [-0.2, -0.15) is 0 Å². The lowest BCUT2D eigenvalue weighted by Gasteiger charge is -2.38. The van der Waals surface area contributed by atoms with E-state index in [1.165, 1.54) is 0 Å². The molecule has 5 rings (SSSR count). The first-order valence-electron chi connectivity index (χ1n) is 12.4. The summed E-state index contributed by atoms with van der Waals surface area (Å²) in [6.45, 7) is 2.78. The summed E-state index contributed by atoms with van der Waals surface area (Å²) in [6, 6.07) is 17.2. The molecule has 6 nitrogen and oxygen atoms in total. The molecule has 0 unspecified atom stereocenters. The Morgan fingerprint density at radius 2 is 1.89 bits per heavy atom. The van der Waals surface area contributed by atoms with Crippen molar-refractivity contribution in [3.8, 4) is 17.4 Å². The molecule has 3 aromatic rings. The molecule has 7 heteroatoms. The third-order valence-corrected chi connectivity index (χ3v) is 7.28. The largest absolute Gasteiger partial charge is 0.491 e. The predicted molar refractivity (Wildman–Crippen MR) is 141 cm³/mol. The lowest BCUT2D eigenvalue weighted by atomic mass is 9.84. The Bertz CT molecular complexity index is 1220. The van der Waals surface area contributed by atoms with Gasteiger partial charge in [0, 0.05) is 48.4 Å². The number of aliphatic hydroxyl groups excluding tert-OH is 1. The van der Waals surface area contributed by atoms with Crippen LogP contribution < -0.4 is 9.47 Å². The third-order valence-electron chi connectivity index (χ3n) is 7.03. The van der Waals surface area contributed by atoms with Gasteiger partial charge in [0.05, 0.1) is 12.2 Å². The van der Waals surface area contributed by atoms with Crippen LogP contribution in [0.1, 0.15) is 36.0 Å². The van der Waals surface area contributed by atoms with Crippen LogP contribution in [0.3, 0.4) is 0 Å². The molecule has 0 spiro atoms. The summed E-state index contributed by atoms with van der Waals surface area (Å²) in [5.74, 6) is 2.04. The Morgan fingerprint density at radius 1 is 1.08 bits per heavy atom. The van der Waals surface area contributed by atoms with Gasteiger partial charge in [0.15, 0.2) is 0 Å². The molecule has 1 saturated heterocycles. The molecule has 0 amide bonds. The summed E-state index contributed by atoms with van der Waals surface area (Å²) in [5.41, 5.74) is 3.23. The van der Waals surface area contributed by atoms with Crippen molar-refractivity contribution in [1.29, 1.82) is 0 Å². The summed E-state index contributed by atoms with van der Waals surface area (Å²) in [4.78, 5) is 6.88. The molecule has 0 aliphatic carbocycles. The number of rotatable bonds is 7. The van der Waals surface area contributed by atoms with Crippen LogP contribution in [0.5, 0.6) is 17.4 Å². The fourth-order valence-corrected chi connectivity index (χ4v) is 5.14. The summed E-state index contributed by atoms with van der Waals surface area (Å²) >= 11 is 6.02. The first kappa shape index (κ1) is 24.8. The average Bonchev–Trinajstić information content (AvgIpc) is 3.06. The third kappa shape index (κ3) is 5.42. The van der Waals surface area contributed by atoms with E-state index in [4.69, 9.17) is 21.1 Å². The first-order chi connectivity index (χ1) is 17.6. The van der Waals surface area contributed by atoms with E-state index >= 15 is 0 Å². The van der Waals surface area contributed by atoms with Gasteiger partial charge < -0.3 is 24.6 Å². The Balaban J connectivity index is 1.28. The van der Waals surface area contributed by atoms with E-state index in [9.17, 15) is 10.2 Å². The van der Waals surface area contributed by atoms with Crippen LogP contribution in [-0.4, -0.2) is 52.9 Å². The SMILES string of the molecule is OCCOc1cccc2c1CC(=CCCN1CCC(O)(c3ccc(Cl)cc3)CC1)c1cccnc1O2. The molecule has 0 radical (unpaired) electrons. The minimum absolute atomic E-state index is 0.0437. The number of pyridine rings is 1. The van der Waals surface area contributed by atoms with Gasteiger partial charge in [0.2, 0.25) is 5.88 Å². The number of piperidine rings is 1. The van der Waals surface area contributed by atoms with Crippen LogP contribution in [0.2, 0.25) is 5.02 Å². The van der Waals surface area contributed by atoms with Gasteiger partial charge in [-0.15, -0.1) is 0 Å². The van der Waals surface area contributed by atoms with Crippen LogP contribution in [0, 0.1) is 0 Å². The number of aromatic nitrogens is 1. The van der Waals surface area contributed by atoms with Crippen LogP contribution in [0.15, 0.2) is 66.9 Å². The second-order valence-corrected chi connectivity index (χ2v) is 9.77. The summed E-state index contributed by atoms with van der Waals surface area (Å²) in [6.07, 6.45) is 6.93. The minimum Gasteiger partial charge on any atom is -0.491 e. The summed E-state index contributed by atoms with van der Waals surface area (Å²) < 4.78 is 12.0. The van der Waals surface area contributed by atoms with E-state index in [1.54, 1.807) is 6.20 Å². The number of aliphatic hydroxyl groups is 2. The molecule has 2 aromatic carbocycles. The molecule has 2 N–H and O–H groups in total. The number of likely N-dealkylation sites (tertiary alicyclic amines) is 1. The van der Waals surface area contributed by atoms with Crippen molar-refractivity contribution in [2.45, 2.75) is 31.3 Å².